The number of carbonyl (C=O) groups is 1. The first-order valence-electron chi connectivity index (χ1n) is 7.63. The van der Waals surface area contributed by atoms with Gasteiger partial charge in [-0.25, -0.2) is 4.99 Å². The summed E-state index contributed by atoms with van der Waals surface area (Å²) < 4.78 is 0. The molecule has 0 spiro atoms. The predicted molar refractivity (Wildman–Crippen MR) is 88.8 cm³/mol. The third-order valence-electron chi connectivity index (χ3n) is 3.40. The van der Waals surface area contributed by atoms with Crippen LogP contribution in [-0.2, 0) is 6.54 Å². The Hall–Kier alpha value is -2.08. The third-order valence-corrected chi connectivity index (χ3v) is 3.40. The lowest BCUT2D eigenvalue weighted by atomic mass is 10.1. The molecule has 1 aliphatic rings. The number of nitrogens with one attached hydrogen (secondary N) is 2. The Morgan fingerprint density at radius 1 is 1.41 bits per heavy atom. The minimum absolute atomic E-state index is 0.0586. The number of guanidine groups is 1. The number of hydrogen-bond acceptors (Lipinski definition) is 3. The van der Waals surface area contributed by atoms with Crippen LogP contribution in [0.2, 0.25) is 0 Å². The van der Waals surface area contributed by atoms with Crippen molar-refractivity contribution in [1.82, 2.24) is 15.5 Å². The van der Waals surface area contributed by atoms with E-state index in [4.69, 9.17) is 5.73 Å². The van der Waals surface area contributed by atoms with Gasteiger partial charge in [-0.15, -0.1) is 0 Å². The zero-order chi connectivity index (χ0) is 15.9. The molecular weight excluding hydrogens is 278 g/mol. The summed E-state index contributed by atoms with van der Waals surface area (Å²) >= 11 is 0. The number of rotatable bonds is 7. The van der Waals surface area contributed by atoms with Gasteiger partial charge in [0.05, 0.1) is 6.54 Å². The molecule has 4 N–H and O–H groups in total. The average Bonchev–Trinajstić information content (AvgIpc) is 3.29. The van der Waals surface area contributed by atoms with Crippen LogP contribution in [0.15, 0.2) is 29.3 Å². The SMILES string of the molecule is CN(C)CCNC(=O)c1cccc(CN=C(N)NC2CC2)c1. The van der Waals surface area contributed by atoms with E-state index < -0.39 is 0 Å². The molecule has 1 amide bonds. The molecule has 1 aromatic carbocycles. The Morgan fingerprint density at radius 3 is 2.86 bits per heavy atom. The lowest BCUT2D eigenvalue weighted by Gasteiger charge is -2.10. The summed E-state index contributed by atoms with van der Waals surface area (Å²) in [6.07, 6.45) is 2.33. The lowest BCUT2D eigenvalue weighted by molar-refractivity contribution is 0.0951. The molecule has 0 unspecified atom stereocenters. The average molecular weight is 303 g/mol. The van der Waals surface area contributed by atoms with Crippen LogP contribution in [0, 0.1) is 0 Å². The molecule has 0 radical (unpaired) electrons. The van der Waals surface area contributed by atoms with Crippen molar-refractivity contribution >= 4 is 11.9 Å². The molecule has 1 aliphatic carbocycles. The zero-order valence-electron chi connectivity index (χ0n) is 13.3. The van der Waals surface area contributed by atoms with Gasteiger partial charge in [0.25, 0.3) is 5.91 Å². The van der Waals surface area contributed by atoms with Crippen LogP contribution in [0.5, 0.6) is 0 Å². The maximum atomic E-state index is 12.1. The Morgan fingerprint density at radius 2 is 2.18 bits per heavy atom. The molecule has 22 heavy (non-hydrogen) atoms. The Labute approximate surface area is 131 Å². The van der Waals surface area contributed by atoms with Crippen LogP contribution in [0.4, 0.5) is 0 Å². The highest BCUT2D eigenvalue weighted by molar-refractivity contribution is 5.94. The summed E-state index contributed by atoms with van der Waals surface area (Å²) in [4.78, 5) is 18.4. The van der Waals surface area contributed by atoms with Gasteiger partial charge >= 0.3 is 0 Å². The quantitative estimate of drug-likeness (QED) is 0.507. The van der Waals surface area contributed by atoms with E-state index in [1.54, 1.807) is 0 Å². The van der Waals surface area contributed by atoms with Gasteiger partial charge < -0.3 is 21.3 Å². The predicted octanol–water partition coefficient (Wildman–Crippen LogP) is 0.545. The summed E-state index contributed by atoms with van der Waals surface area (Å²) in [6, 6.07) is 7.99. The monoisotopic (exact) mass is 303 g/mol. The highest BCUT2D eigenvalue weighted by Crippen LogP contribution is 2.18. The van der Waals surface area contributed by atoms with Gasteiger partial charge in [0, 0.05) is 24.7 Å². The first kappa shape index (κ1) is 16.3. The fourth-order valence-electron chi connectivity index (χ4n) is 1.96. The van der Waals surface area contributed by atoms with Crippen molar-refractivity contribution in [2.75, 3.05) is 27.2 Å². The summed E-state index contributed by atoms with van der Waals surface area (Å²) in [6.45, 7) is 1.93. The molecular formula is C16H25N5O. The number of nitrogens with two attached hydrogens (primary N) is 1. The number of amides is 1. The van der Waals surface area contributed by atoms with E-state index in [2.05, 4.69) is 15.6 Å². The first-order valence-corrected chi connectivity index (χ1v) is 7.63. The number of carbonyl (C=O) groups excluding carboxylic acids is 1. The van der Waals surface area contributed by atoms with Crippen LogP contribution >= 0.6 is 0 Å². The van der Waals surface area contributed by atoms with E-state index in [-0.39, 0.29) is 5.91 Å². The topological polar surface area (TPSA) is 82.8 Å². The van der Waals surface area contributed by atoms with E-state index in [9.17, 15) is 4.79 Å². The maximum Gasteiger partial charge on any atom is 0.251 e. The molecule has 0 heterocycles. The molecule has 1 saturated carbocycles. The molecule has 0 atom stereocenters. The second-order valence-electron chi connectivity index (χ2n) is 5.88. The first-order chi connectivity index (χ1) is 10.5. The van der Waals surface area contributed by atoms with Crippen molar-refractivity contribution < 1.29 is 4.79 Å². The fourth-order valence-corrected chi connectivity index (χ4v) is 1.96. The summed E-state index contributed by atoms with van der Waals surface area (Å²) in [5.41, 5.74) is 7.44. The fraction of sp³-hybridized carbons (Fsp3) is 0.500. The van der Waals surface area contributed by atoms with Crippen molar-refractivity contribution in [3.63, 3.8) is 0 Å². The van der Waals surface area contributed by atoms with Gasteiger partial charge in [-0.05, 0) is 44.6 Å². The Kier molecular flexibility index (Phi) is 5.77. The smallest absolute Gasteiger partial charge is 0.251 e. The molecule has 6 nitrogen and oxygen atoms in total. The molecule has 6 heteroatoms. The minimum atomic E-state index is -0.0586. The number of benzene rings is 1. The highest BCUT2D eigenvalue weighted by atomic mass is 16.1. The van der Waals surface area contributed by atoms with Gasteiger partial charge in [0.2, 0.25) is 0 Å². The second kappa shape index (κ2) is 7.79. The largest absolute Gasteiger partial charge is 0.370 e. The van der Waals surface area contributed by atoms with E-state index in [1.807, 2.05) is 43.3 Å². The maximum absolute atomic E-state index is 12.1. The van der Waals surface area contributed by atoms with Crippen LogP contribution in [0.1, 0.15) is 28.8 Å². The molecule has 0 bridgehead atoms. The number of nitrogens with zero attached hydrogens (tertiary/aromatic N) is 2. The second-order valence-corrected chi connectivity index (χ2v) is 5.88. The number of aliphatic imine (C=N–C) groups is 1. The molecule has 2 rings (SSSR count). The number of hydrogen-bond donors (Lipinski definition) is 3. The van der Waals surface area contributed by atoms with E-state index in [0.29, 0.717) is 30.7 Å². The van der Waals surface area contributed by atoms with Crippen LogP contribution in [-0.4, -0.2) is 50.0 Å². The van der Waals surface area contributed by atoms with Gasteiger partial charge in [-0.1, -0.05) is 12.1 Å². The van der Waals surface area contributed by atoms with Gasteiger partial charge in [0.15, 0.2) is 5.96 Å². The lowest BCUT2D eigenvalue weighted by Crippen LogP contribution is -2.33. The zero-order valence-corrected chi connectivity index (χ0v) is 13.3. The van der Waals surface area contributed by atoms with Gasteiger partial charge in [-0.2, -0.15) is 0 Å². The van der Waals surface area contributed by atoms with Crippen LogP contribution in [0.25, 0.3) is 0 Å². The van der Waals surface area contributed by atoms with E-state index in [1.165, 1.54) is 12.8 Å². The summed E-state index contributed by atoms with van der Waals surface area (Å²) in [5.74, 6) is 0.417. The van der Waals surface area contributed by atoms with Crippen molar-refractivity contribution in [1.29, 1.82) is 0 Å². The van der Waals surface area contributed by atoms with Gasteiger partial charge in [0.1, 0.15) is 0 Å². The van der Waals surface area contributed by atoms with Crippen LogP contribution in [0.3, 0.4) is 0 Å². The van der Waals surface area contributed by atoms with Crippen molar-refractivity contribution in [3.8, 4) is 0 Å². The summed E-state index contributed by atoms with van der Waals surface area (Å²) in [5, 5.41) is 6.05. The van der Waals surface area contributed by atoms with E-state index in [0.717, 1.165) is 12.1 Å². The molecule has 0 saturated heterocycles. The Bertz CT molecular complexity index is 537. The normalized spacial score (nSPS) is 15.0. The van der Waals surface area contributed by atoms with Crippen molar-refractivity contribution in [2.24, 2.45) is 10.7 Å². The standard InChI is InChI=1S/C16H25N5O/c1-21(2)9-8-18-15(22)13-5-3-4-12(10-13)11-19-16(17)20-14-6-7-14/h3-5,10,14H,6-9,11H2,1-2H3,(H,18,22)(H3,17,19,20). The van der Waals surface area contributed by atoms with Crippen LogP contribution < -0.4 is 16.4 Å². The summed E-state index contributed by atoms with van der Waals surface area (Å²) in [7, 11) is 3.95. The number of likely N-dealkylation sites (N-methyl/N-ethyl adjacent to an activating group) is 1. The minimum Gasteiger partial charge on any atom is -0.370 e. The van der Waals surface area contributed by atoms with E-state index >= 15 is 0 Å². The molecule has 1 fully saturated rings. The van der Waals surface area contributed by atoms with Gasteiger partial charge in [-0.3, -0.25) is 4.79 Å². The Balaban J connectivity index is 1.86. The highest BCUT2D eigenvalue weighted by Gasteiger charge is 2.21. The molecule has 0 aromatic heterocycles. The molecule has 0 aliphatic heterocycles. The molecule has 1 aromatic rings. The van der Waals surface area contributed by atoms with Crippen molar-refractivity contribution in [3.05, 3.63) is 35.4 Å². The molecule has 120 valence electrons. The van der Waals surface area contributed by atoms with Crippen molar-refractivity contribution in [2.45, 2.75) is 25.4 Å². The third kappa shape index (κ3) is 5.73.